The van der Waals surface area contributed by atoms with E-state index in [1.165, 1.54) is 0 Å². The lowest BCUT2D eigenvalue weighted by molar-refractivity contribution is 0.586. The summed E-state index contributed by atoms with van der Waals surface area (Å²) in [5.41, 5.74) is 3.20. The molecule has 20 heavy (non-hydrogen) atoms. The predicted molar refractivity (Wildman–Crippen MR) is 84.6 cm³/mol. The van der Waals surface area contributed by atoms with E-state index in [-0.39, 0.29) is 0 Å². The van der Waals surface area contributed by atoms with Crippen molar-refractivity contribution in [1.29, 1.82) is 0 Å². The highest BCUT2D eigenvalue weighted by atomic mass is 35.5. The SMILES string of the molecule is CC(C)NCc1cccc(Cl)c1-n1ccc(C(C)C)n1. The van der Waals surface area contributed by atoms with E-state index in [0.29, 0.717) is 12.0 Å². The van der Waals surface area contributed by atoms with Crippen LogP contribution >= 0.6 is 11.6 Å². The summed E-state index contributed by atoms with van der Waals surface area (Å²) in [5, 5.41) is 8.79. The Morgan fingerprint density at radius 3 is 2.55 bits per heavy atom. The summed E-state index contributed by atoms with van der Waals surface area (Å²) in [6.45, 7) is 9.33. The Kier molecular flexibility index (Phi) is 4.84. The summed E-state index contributed by atoms with van der Waals surface area (Å²) in [6, 6.07) is 8.47. The molecule has 0 spiro atoms. The van der Waals surface area contributed by atoms with Gasteiger partial charge in [-0.05, 0) is 23.6 Å². The lowest BCUT2D eigenvalue weighted by Gasteiger charge is -2.14. The molecule has 1 heterocycles. The van der Waals surface area contributed by atoms with Crippen molar-refractivity contribution >= 4 is 11.6 Å². The second-order valence-electron chi connectivity index (χ2n) is 5.62. The van der Waals surface area contributed by atoms with Crippen molar-refractivity contribution in [2.24, 2.45) is 0 Å². The number of aromatic nitrogens is 2. The van der Waals surface area contributed by atoms with Gasteiger partial charge in [0.15, 0.2) is 0 Å². The molecule has 2 aromatic rings. The van der Waals surface area contributed by atoms with Gasteiger partial charge in [0.05, 0.1) is 16.4 Å². The minimum Gasteiger partial charge on any atom is -0.310 e. The largest absolute Gasteiger partial charge is 0.310 e. The molecule has 4 heteroatoms. The van der Waals surface area contributed by atoms with Gasteiger partial charge in [0.2, 0.25) is 0 Å². The topological polar surface area (TPSA) is 29.9 Å². The smallest absolute Gasteiger partial charge is 0.0876 e. The van der Waals surface area contributed by atoms with Crippen LogP contribution in [-0.4, -0.2) is 15.8 Å². The highest BCUT2D eigenvalue weighted by molar-refractivity contribution is 6.32. The van der Waals surface area contributed by atoms with Gasteiger partial charge in [-0.1, -0.05) is 51.4 Å². The molecule has 0 radical (unpaired) electrons. The van der Waals surface area contributed by atoms with Gasteiger partial charge in [-0.25, -0.2) is 4.68 Å². The maximum atomic E-state index is 6.38. The average Bonchev–Trinajstić information content (AvgIpc) is 2.85. The minimum absolute atomic E-state index is 0.413. The average molecular weight is 292 g/mol. The quantitative estimate of drug-likeness (QED) is 0.897. The number of para-hydroxylation sites is 1. The van der Waals surface area contributed by atoms with Crippen molar-refractivity contribution in [3.05, 3.63) is 46.7 Å². The Morgan fingerprint density at radius 2 is 1.95 bits per heavy atom. The zero-order valence-corrected chi connectivity index (χ0v) is 13.3. The highest BCUT2D eigenvalue weighted by Crippen LogP contribution is 2.25. The maximum Gasteiger partial charge on any atom is 0.0876 e. The molecular formula is C16H22ClN3. The van der Waals surface area contributed by atoms with E-state index < -0.39 is 0 Å². The van der Waals surface area contributed by atoms with Crippen molar-refractivity contribution in [2.75, 3.05) is 0 Å². The number of benzene rings is 1. The Morgan fingerprint density at radius 1 is 1.20 bits per heavy atom. The number of hydrogen-bond donors (Lipinski definition) is 1. The van der Waals surface area contributed by atoms with Crippen LogP contribution in [0.1, 0.15) is 44.9 Å². The van der Waals surface area contributed by atoms with E-state index in [1.54, 1.807) is 0 Å². The molecule has 1 aromatic heterocycles. The maximum absolute atomic E-state index is 6.38. The Balaban J connectivity index is 2.37. The molecule has 1 aromatic carbocycles. The third kappa shape index (κ3) is 3.41. The van der Waals surface area contributed by atoms with Crippen molar-refractivity contribution in [2.45, 2.75) is 46.2 Å². The second-order valence-corrected chi connectivity index (χ2v) is 6.03. The van der Waals surface area contributed by atoms with Crippen molar-refractivity contribution in [3.8, 4) is 5.69 Å². The van der Waals surface area contributed by atoms with Crippen LogP contribution in [0.2, 0.25) is 5.02 Å². The molecule has 2 rings (SSSR count). The molecule has 1 N–H and O–H groups in total. The van der Waals surface area contributed by atoms with Crippen molar-refractivity contribution < 1.29 is 0 Å². The molecule has 0 unspecified atom stereocenters. The summed E-state index contributed by atoms with van der Waals surface area (Å²) >= 11 is 6.38. The normalized spacial score (nSPS) is 11.6. The van der Waals surface area contributed by atoms with Gasteiger partial charge >= 0.3 is 0 Å². The molecule has 0 bridgehead atoms. The predicted octanol–water partition coefficient (Wildman–Crippen LogP) is 4.15. The van der Waals surface area contributed by atoms with Gasteiger partial charge < -0.3 is 5.32 Å². The van der Waals surface area contributed by atoms with Crippen LogP contribution in [-0.2, 0) is 6.54 Å². The molecule has 0 aliphatic carbocycles. The van der Waals surface area contributed by atoms with Gasteiger partial charge in [0.1, 0.15) is 0 Å². The zero-order valence-electron chi connectivity index (χ0n) is 12.5. The van der Waals surface area contributed by atoms with E-state index in [0.717, 1.165) is 28.5 Å². The van der Waals surface area contributed by atoms with Crippen LogP contribution in [0, 0.1) is 0 Å². The second kappa shape index (κ2) is 6.42. The van der Waals surface area contributed by atoms with Gasteiger partial charge in [0, 0.05) is 18.8 Å². The Labute approximate surface area is 126 Å². The molecule has 0 saturated heterocycles. The fraction of sp³-hybridized carbons (Fsp3) is 0.438. The fourth-order valence-electron chi connectivity index (χ4n) is 2.04. The van der Waals surface area contributed by atoms with E-state index >= 15 is 0 Å². The molecule has 0 aliphatic rings. The fourth-order valence-corrected chi connectivity index (χ4v) is 2.32. The molecule has 3 nitrogen and oxygen atoms in total. The van der Waals surface area contributed by atoms with Crippen LogP contribution in [0.3, 0.4) is 0 Å². The summed E-state index contributed by atoms with van der Waals surface area (Å²) in [4.78, 5) is 0. The van der Waals surface area contributed by atoms with Crippen LogP contribution in [0.5, 0.6) is 0 Å². The lowest BCUT2D eigenvalue weighted by Crippen LogP contribution is -2.22. The number of rotatable bonds is 5. The van der Waals surface area contributed by atoms with E-state index in [4.69, 9.17) is 11.6 Å². The lowest BCUT2D eigenvalue weighted by atomic mass is 10.1. The molecule has 0 aliphatic heterocycles. The number of halogens is 1. The van der Waals surface area contributed by atoms with E-state index in [2.05, 4.69) is 44.2 Å². The molecule has 0 amide bonds. The summed E-state index contributed by atoms with van der Waals surface area (Å²) in [7, 11) is 0. The van der Waals surface area contributed by atoms with E-state index in [1.807, 2.05) is 29.1 Å². The first kappa shape index (κ1) is 15.1. The molecule has 108 valence electrons. The number of hydrogen-bond acceptors (Lipinski definition) is 2. The minimum atomic E-state index is 0.413. The highest BCUT2D eigenvalue weighted by Gasteiger charge is 2.12. The zero-order chi connectivity index (χ0) is 14.7. The van der Waals surface area contributed by atoms with Crippen LogP contribution in [0.25, 0.3) is 5.69 Å². The number of nitrogens with zero attached hydrogens (tertiary/aromatic N) is 2. The summed E-state index contributed by atoms with van der Waals surface area (Å²) in [6.07, 6.45) is 1.98. The summed E-state index contributed by atoms with van der Waals surface area (Å²) in [5.74, 6) is 0.413. The van der Waals surface area contributed by atoms with Gasteiger partial charge in [-0.3, -0.25) is 0 Å². The molecule has 0 atom stereocenters. The Bertz CT molecular complexity index is 573. The monoisotopic (exact) mass is 291 g/mol. The Hall–Kier alpha value is -1.32. The van der Waals surface area contributed by atoms with Gasteiger partial charge in [-0.15, -0.1) is 0 Å². The molecule has 0 fully saturated rings. The van der Waals surface area contributed by atoms with Crippen LogP contribution in [0.15, 0.2) is 30.5 Å². The molecule has 0 saturated carbocycles. The van der Waals surface area contributed by atoms with Gasteiger partial charge in [0.25, 0.3) is 0 Å². The van der Waals surface area contributed by atoms with Crippen LogP contribution in [0.4, 0.5) is 0 Å². The van der Waals surface area contributed by atoms with Crippen molar-refractivity contribution in [1.82, 2.24) is 15.1 Å². The van der Waals surface area contributed by atoms with Crippen LogP contribution < -0.4 is 5.32 Å². The van der Waals surface area contributed by atoms with E-state index in [9.17, 15) is 0 Å². The van der Waals surface area contributed by atoms with Gasteiger partial charge in [-0.2, -0.15) is 5.10 Å². The standard InChI is InChI=1S/C16H22ClN3/c1-11(2)15-8-9-20(19-15)16-13(10-18-12(3)4)6-5-7-14(16)17/h5-9,11-12,18H,10H2,1-4H3. The van der Waals surface area contributed by atoms with Crippen molar-refractivity contribution in [3.63, 3.8) is 0 Å². The first-order chi connectivity index (χ1) is 9.49. The third-order valence-corrected chi connectivity index (χ3v) is 3.51. The first-order valence-corrected chi connectivity index (χ1v) is 7.43. The third-order valence-electron chi connectivity index (χ3n) is 3.20. The summed E-state index contributed by atoms with van der Waals surface area (Å²) < 4.78 is 1.88. The molecular weight excluding hydrogens is 270 g/mol. The first-order valence-electron chi connectivity index (χ1n) is 7.05. The number of nitrogens with one attached hydrogen (secondary N) is 1.